The highest BCUT2D eigenvalue weighted by Gasteiger charge is 2.21. The van der Waals surface area contributed by atoms with Crippen LogP contribution in [0.3, 0.4) is 0 Å². The lowest BCUT2D eigenvalue weighted by Gasteiger charge is -2.17. The molecular weight excluding hydrogens is 216 g/mol. The van der Waals surface area contributed by atoms with Crippen LogP contribution in [-0.2, 0) is 9.59 Å². The van der Waals surface area contributed by atoms with Crippen LogP contribution in [0.1, 0.15) is 13.3 Å². The fourth-order valence-corrected chi connectivity index (χ4v) is 1.41. The summed E-state index contributed by atoms with van der Waals surface area (Å²) in [6.45, 7) is 1.43. The molecule has 15 heavy (non-hydrogen) atoms. The van der Waals surface area contributed by atoms with Gasteiger partial charge in [-0.15, -0.1) is 0 Å². The van der Waals surface area contributed by atoms with Gasteiger partial charge in [-0.3, -0.25) is 4.79 Å². The van der Waals surface area contributed by atoms with Crippen molar-refractivity contribution in [2.24, 2.45) is 5.73 Å². The smallest absolute Gasteiger partial charge is 0.240 e. The van der Waals surface area contributed by atoms with Gasteiger partial charge in [0.2, 0.25) is 5.91 Å². The van der Waals surface area contributed by atoms with Crippen LogP contribution in [0.25, 0.3) is 0 Å². The molecule has 0 saturated carbocycles. The van der Waals surface area contributed by atoms with Gasteiger partial charge in [-0.1, -0.05) is 0 Å². The van der Waals surface area contributed by atoms with E-state index >= 15 is 0 Å². The number of thioether (sulfide) groups is 1. The highest BCUT2D eigenvalue weighted by molar-refractivity contribution is 7.98. The molecule has 5 nitrogen and oxygen atoms in total. The molecule has 3 atom stereocenters. The Bertz CT molecular complexity index is 212. The maximum atomic E-state index is 11.4. The molecule has 0 radical (unpaired) electrons. The molecule has 0 aromatic rings. The van der Waals surface area contributed by atoms with E-state index in [1.807, 2.05) is 6.26 Å². The summed E-state index contributed by atoms with van der Waals surface area (Å²) >= 11 is 1.60. The molecule has 0 aromatic carbocycles. The lowest BCUT2D eigenvalue weighted by Crippen LogP contribution is -2.50. The SMILES string of the molecule is CSCC[C@H](C=O)NC(=O)[C@H](N)C(C)O. The number of rotatable bonds is 7. The van der Waals surface area contributed by atoms with E-state index in [2.05, 4.69) is 5.32 Å². The minimum atomic E-state index is -0.985. The number of aliphatic hydroxyl groups is 1. The summed E-state index contributed by atoms with van der Waals surface area (Å²) in [4.78, 5) is 22.0. The molecule has 88 valence electrons. The Morgan fingerprint density at radius 1 is 1.67 bits per heavy atom. The Balaban J connectivity index is 4.06. The van der Waals surface area contributed by atoms with Crippen molar-refractivity contribution in [2.45, 2.75) is 31.5 Å². The first kappa shape index (κ1) is 14.4. The van der Waals surface area contributed by atoms with Gasteiger partial charge in [-0.25, -0.2) is 0 Å². The zero-order valence-corrected chi connectivity index (χ0v) is 9.79. The van der Waals surface area contributed by atoms with Crippen LogP contribution in [0, 0.1) is 0 Å². The Hall–Kier alpha value is -0.590. The normalized spacial score (nSPS) is 16.5. The van der Waals surface area contributed by atoms with Gasteiger partial charge >= 0.3 is 0 Å². The van der Waals surface area contributed by atoms with Crippen LogP contribution < -0.4 is 11.1 Å². The summed E-state index contributed by atoms with van der Waals surface area (Å²) in [7, 11) is 0. The van der Waals surface area contributed by atoms with E-state index in [-0.39, 0.29) is 0 Å². The number of carbonyl (C=O) groups excluding carboxylic acids is 2. The van der Waals surface area contributed by atoms with Crippen LogP contribution >= 0.6 is 11.8 Å². The molecule has 0 aliphatic rings. The van der Waals surface area contributed by atoms with Gasteiger partial charge < -0.3 is 21.0 Å². The zero-order valence-electron chi connectivity index (χ0n) is 8.97. The average molecular weight is 234 g/mol. The fraction of sp³-hybridized carbons (Fsp3) is 0.778. The third kappa shape index (κ3) is 5.76. The van der Waals surface area contributed by atoms with Crippen molar-refractivity contribution in [1.29, 1.82) is 0 Å². The van der Waals surface area contributed by atoms with Crippen LogP contribution in [-0.4, -0.2) is 47.5 Å². The quantitative estimate of drug-likeness (QED) is 0.498. The van der Waals surface area contributed by atoms with E-state index in [1.165, 1.54) is 6.92 Å². The second-order valence-corrected chi connectivity index (χ2v) is 4.28. The third-order valence-electron chi connectivity index (χ3n) is 1.95. The lowest BCUT2D eigenvalue weighted by molar-refractivity contribution is -0.127. The van der Waals surface area contributed by atoms with Gasteiger partial charge in [0.15, 0.2) is 0 Å². The van der Waals surface area contributed by atoms with Crippen molar-refractivity contribution < 1.29 is 14.7 Å². The van der Waals surface area contributed by atoms with Crippen molar-refractivity contribution >= 4 is 24.0 Å². The van der Waals surface area contributed by atoms with Gasteiger partial charge in [0.1, 0.15) is 12.3 Å². The Labute approximate surface area is 93.8 Å². The summed E-state index contributed by atoms with van der Waals surface area (Å²) < 4.78 is 0. The Morgan fingerprint density at radius 3 is 2.67 bits per heavy atom. The summed E-state index contributed by atoms with van der Waals surface area (Å²) in [5.41, 5.74) is 5.41. The molecular formula is C9H18N2O3S. The predicted octanol–water partition coefficient (Wildman–Crippen LogP) is -0.869. The zero-order chi connectivity index (χ0) is 11.8. The Kier molecular flexibility index (Phi) is 7.37. The fourth-order valence-electron chi connectivity index (χ4n) is 0.917. The molecule has 0 aromatic heterocycles. The standard InChI is InChI=1S/C9H18N2O3S/c1-6(13)8(10)9(14)11-7(5-12)3-4-15-2/h5-8,13H,3-4,10H2,1-2H3,(H,11,14)/t6?,7-,8-/m1/s1. The maximum Gasteiger partial charge on any atom is 0.240 e. The van der Waals surface area contributed by atoms with Gasteiger partial charge in [0.05, 0.1) is 12.1 Å². The third-order valence-corrected chi connectivity index (χ3v) is 2.59. The monoisotopic (exact) mass is 234 g/mol. The second-order valence-electron chi connectivity index (χ2n) is 3.30. The number of hydrogen-bond acceptors (Lipinski definition) is 5. The molecule has 0 rings (SSSR count). The average Bonchev–Trinajstić information content (AvgIpc) is 2.22. The van der Waals surface area contributed by atoms with E-state index in [4.69, 9.17) is 10.8 Å². The number of aliphatic hydroxyl groups excluding tert-OH is 1. The Morgan fingerprint density at radius 2 is 2.27 bits per heavy atom. The second kappa shape index (κ2) is 7.67. The van der Waals surface area contributed by atoms with Crippen molar-refractivity contribution in [2.75, 3.05) is 12.0 Å². The topological polar surface area (TPSA) is 92.4 Å². The van der Waals surface area contributed by atoms with Crippen molar-refractivity contribution in [1.82, 2.24) is 5.32 Å². The summed E-state index contributed by atoms with van der Waals surface area (Å²) in [6, 6.07) is -1.50. The number of hydrogen-bond donors (Lipinski definition) is 3. The molecule has 1 amide bonds. The molecule has 0 aliphatic heterocycles. The first-order chi connectivity index (χ1) is 7.02. The van der Waals surface area contributed by atoms with Gasteiger partial charge in [0.25, 0.3) is 0 Å². The first-order valence-electron chi connectivity index (χ1n) is 4.71. The largest absolute Gasteiger partial charge is 0.391 e. The van der Waals surface area contributed by atoms with Crippen LogP contribution in [0.5, 0.6) is 0 Å². The minimum absolute atomic E-state index is 0.497. The number of aldehydes is 1. The first-order valence-corrected chi connectivity index (χ1v) is 6.10. The molecule has 1 unspecified atom stereocenters. The minimum Gasteiger partial charge on any atom is -0.391 e. The lowest BCUT2D eigenvalue weighted by atomic mass is 10.1. The van der Waals surface area contributed by atoms with Crippen LogP contribution in [0.2, 0.25) is 0 Å². The van der Waals surface area contributed by atoms with E-state index in [0.29, 0.717) is 12.7 Å². The van der Waals surface area contributed by atoms with E-state index in [9.17, 15) is 9.59 Å². The molecule has 0 heterocycles. The summed E-state index contributed by atoms with van der Waals surface area (Å²) in [6.07, 6.45) is 2.26. The molecule has 0 saturated heterocycles. The van der Waals surface area contributed by atoms with E-state index in [0.717, 1.165) is 5.75 Å². The van der Waals surface area contributed by atoms with Gasteiger partial charge in [0, 0.05) is 0 Å². The summed E-state index contributed by atoms with van der Waals surface area (Å²) in [5.74, 6) is 0.288. The molecule has 0 fully saturated rings. The number of amides is 1. The van der Waals surface area contributed by atoms with Crippen LogP contribution in [0.4, 0.5) is 0 Å². The molecule has 0 aliphatic carbocycles. The van der Waals surface area contributed by atoms with E-state index in [1.54, 1.807) is 11.8 Å². The van der Waals surface area contributed by atoms with Crippen molar-refractivity contribution in [3.05, 3.63) is 0 Å². The number of carbonyl (C=O) groups is 2. The van der Waals surface area contributed by atoms with Crippen molar-refractivity contribution in [3.63, 3.8) is 0 Å². The predicted molar refractivity (Wildman–Crippen MR) is 60.6 cm³/mol. The van der Waals surface area contributed by atoms with Crippen LogP contribution in [0.15, 0.2) is 0 Å². The molecule has 0 bridgehead atoms. The maximum absolute atomic E-state index is 11.4. The van der Waals surface area contributed by atoms with Crippen molar-refractivity contribution in [3.8, 4) is 0 Å². The number of nitrogens with one attached hydrogen (secondary N) is 1. The highest BCUT2D eigenvalue weighted by Crippen LogP contribution is 1.99. The number of nitrogens with two attached hydrogens (primary N) is 1. The molecule has 4 N–H and O–H groups in total. The van der Waals surface area contributed by atoms with E-state index < -0.39 is 24.1 Å². The molecule has 6 heteroatoms. The molecule has 0 spiro atoms. The van der Waals surface area contributed by atoms with Gasteiger partial charge in [-0.2, -0.15) is 11.8 Å². The summed E-state index contributed by atoms with van der Waals surface area (Å²) in [5, 5.41) is 11.6. The van der Waals surface area contributed by atoms with Gasteiger partial charge in [-0.05, 0) is 25.4 Å². The highest BCUT2D eigenvalue weighted by atomic mass is 32.2.